The Morgan fingerprint density at radius 2 is 2.25 bits per heavy atom. The van der Waals surface area contributed by atoms with Gasteiger partial charge in [-0.2, -0.15) is 0 Å². The number of aromatic nitrogens is 2. The zero-order chi connectivity index (χ0) is 14.1. The summed E-state index contributed by atoms with van der Waals surface area (Å²) in [5.74, 6) is 0.121. The Hall–Kier alpha value is -2.48. The van der Waals surface area contributed by atoms with Gasteiger partial charge in [0.25, 0.3) is 5.91 Å². The Kier molecular flexibility index (Phi) is 3.07. The molecule has 3 heterocycles. The quantitative estimate of drug-likeness (QED) is 0.480. The minimum Gasteiger partial charge on any atom is -0.339 e. The fourth-order valence-electron chi connectivity index (χ4n) is 2.19. The molecule has 2 aliphatic rings. The molecule has 20 heavy (non-hydrogen) atoms. The van der Waals surface area contributed by atoms with E-state index in [1.54, 1.807) is 12.3 Å². The molecule has 0 saturated carbocycles. The zero-order valence-electron chi connectivity index (χ0n) is 10.7. The lowest BCUT2D eigenvalue weighted by molar-refractivity contribution is -0.115. The van der Waals surface area contributed by atoms with E-state index >= 15 is 0 Å². The summed E-state index contributed by atoms with van der Waals surface area (Å²) in [5, 5.41) is 4.55. The van der Waals surface area contributed by atoms with Crippen molar-refractivity contribution in [1.82, 2.24) is 20.6 Å². The van der Waals surface area contributed by atoms with Crippen molar-refractivity contribution in [3.63, 3.8) is 0 Å². The highest BCUT2D eigenvalue weighted by Gasteiger charge is 2.24. The summed E-state index contributed by atoms with van der Waals surface area (Å²) in [4.78, 5) is 33.0. The summed E-state index contributed by atoms with van der Waals surface area (Å²) in [6, 6.07) is 1.28. The van der Waals surface area contributed by atoms with E-state index in [4.69, 9.17) is 5.73 Å². The molecule has 3 rings (SSSR count). The van der Waals surface area contributed by atoms with Crippen LogP contribution in [0.5, 0.6) is 0 Å². The largest absolute Gasteiger partial charge is 0.339 e. The number of hydrogen-bond acceptors (Lipinski definition) is 6. The van der Waals surface area contributed by atoms with Gasteiger partial charge in [0, 0.05) is 25.3 Å². The van der Waals surface area contributed by atoms with Crippen LogP contribution in [0.1, 0.15) is 12.1 Å². The van der Waals surface area contributed by atoms with Crippen molar-refractivity contribution < 1.29 is 9.59 Å². The van der Waals surface area contributed by atoms with Crippen LogP contribution in [0.3, 0.4) is 0 Å². The van der Waals surface area contributed by atoms with Crippen LogP contribution < -0.4 is 21.3 Å². The molecular formula is C12H14N6O2. The van der Waals surface area contributed by atoms with Crippen molar-refractivity contribution in [2.24, 2.45) is 5.73 Å². The predicted octanol–water partition coefficient (Wildman–Crippen LogP) is -0.806. The summed E-state index contributed by atoms with van der Waals surface area (Å²) in [6.07, 6.45) is 4.04. The van der Waals surface area contributed by atoms with Crippen molar-refractivity contribution in [2.75, 3.05) is 18.0 Å². The SMILES string of the molecule is NC1CCN(c2nccc(/C=C3\NC(=O)NC3=O)n2)C1. The average molecular weight is 274 g/mol. The lowest BCUT2D eigenvalue weighted by Gasteiger charge is -2.15. The highest BCUT2D eigenvalue weighted by molar-refractivity contribution is 6.13. The summed E-state index contributed by atoms with van der Waals surface area (Å²) in [6.45, 7) is 1.54. The van der Waals surface area contributed by atoms with Crippen molar-refractivity contribution in [3.05, 3.63) is 23.7 Å². The van der Waals surface area contributed by atoms with E-state index in [9.17, 15) is 9.59 Å². The molecule has 8 heteroatoms. The van der Waals surface area contributed by atoms with Gasteiger partial charge < -0.3 is 16.0 Å². The van der Waals surface area contributed by atoms with Crippen molar-refractivity contribution >= 4 is 24.0 Å². The van der Waals surface area contributed by atoms with Gasteiger partial charge in [-0.1, -0.05) is 0 Å². The van der Waals surface area contributed by atoms with Crippen LogP contribution in [0.4, 0.5) is 10.7 Å². The molecule has 1 atom stereocenters. The number of nitrogens with zero attached hydrogens (tertiary/aromatic N) is 3. The molecule has 104 valence electrons. The molecule has 0 bridgehead atoms. The second kappa shape index (κ2) is 4.89. The molecule has 1 unspecified atom stereocenters. The Morgan fingerprint density at radius 3 is 2.90 bits per heavy atom. The second-order valence-electron chi connectivity index (χ2n) is 4.74. The summed E-state index contributed by atoms with van der Waals surface area (Å²) in [7, 11) is 0. The predicted molar refractivity (Wildman–Crippen MR) is 71.5 cm³/mol. The van der Waals surface area contributed by atoms with Gasteiger partial charge in [0.2, 0.25) is 5.95 Å². The Morgan fingerprint density at radius 1 is 1.40 bits per heavy atom. The minimum absolute atomic E-state index is 0.139. The fourth-order valence-corrected chi connectivity index (χ4v) is 2.19. The third-order valence-electron chi connectivity index (χ3n) is 3.18. The number of nitrogens with one attached hydrogen (secondary N) is 2. The van der Waals surface area contributed by atoms with E-state index in [1.165, 1.54) is 6.08 Å². The average Bonchev–Trinajstić information content (AvgIpc) is 2.97. The number of carbonyl (C=O) groups excluding carboxylic acids is 2. The third-order valence-corrected chi connectivity index (χ3v) is 3.18. The summed E-state index contributed by atoms with van der Waals surface area (Å²) < 4.78 is 0. The van der Waals surface area contributed by atoms with Crippen LogP contribution in [0.25, 0.3) is 6.08 Å². The van der Waals surface area contributed by atoms with Crippen LogP contribution in [-0.4, -0.2) is 41.0 Å². The van der Waals surface area contributed by atoms with Gasteiger partial charge in [0.05, 0.1) is 5.69 Å². The van der Waals surface area contributed by atoms with Crippen molar-refractivity contribution in [2.45, 2.75) is 12.5 Å². The second-order valence-corrected chi connectivity index (χ2v) is 4.74. The van der Waals surface area contributed by atoms with Gasteiger partial charge in [0.1, 0.15) is 5.70 Å². The normalized spacial score (nSPS) is 24.1. The molecule has 2 aliphatic heterocycles. The molecule has 0 aromatic carbocycles. The maximum atomic E-state index is 11.4. The minimum atomic E-state index is -0.527. The first-order valence-electron chi connectivity index (χ1n) is 6.29. The molecule has 0 spiro atoms. The highest BCUT2D eigenvalue weighted by atomic mass is 16.2. The Labute approximate surface area is 115 Å². The zero-order valence-corrected chi connectivity index (χ0v) is 10.7. The Balaban J connectivity index is 1.83. The fraction of sp³-hybridized carbons (Fsp3) is 0.333. The number of rotatable bonds is 2. The summed E-state index contributed by atoms with van der Waals surface area (Å²) in [5.41, 5.74) is 6.59. The van der Waals surface area contributed by atoms with Gasteiger partial charge in [0.15, 0.2) is 0 Å². The first kappa shape index (κ1) is 12.5. The molecule has 3 amide bonds. The molecule has 2 fully saturated rings. The van der Waals surface area contributed by atoms with Gasteiger partial charge in [-0.15, -0.1) is 0 Å². The van der Waals surface area contributed by atoms with E-state index in [0.717, 1.165) is 19.5 Å². The maximum absolute atomic E-state index is 11.4. The number of hydrogen-bond donors (Lipinski definition) is 3. The summed E-state index contributed by atoms with van der Waals surface area (Å²) >= 11 is 0. The van der Waals surface area contributed by atoms with Crippen molar-refractivity contribution in [1.29, 1.82) is 0 Å². The first-order chi connectivity index (χ1) is 9.61. The molecule has 0 radical (unpaired) electrons. The van der Waals surface area contributed by atoms with Gasteiger partial charge in [-0.05, 0) is 18.6 Å². The third kappa shape index (κ3) is 2.45. The van der Waals surface area contributed by atoms with Crippen LogP contribution in [0.15, 0.2) is 18.0 Å². The van der Waals surface area contributed by atoms with Gasteiger partial charge >= 0.3 is 6.03 Å². The van der Waals surface area contributed by atoms with E-state index in [0.29, 0.717) is 11.6 Å². The highest BCUT2D eigenvalue weighted by Crippen LogP contribution is 2.16. The molecule has 2 saturated heterocycles. The molecule has 4 N–H and O–H groups in total. The van der Waals surface area contributed by atoms with Crippen LogP contribution >= 0.6 is 0 Å². The lowest BCUT2D eigenvalue weighted by atomic mass is 10.3. The van der Waals surface area contributed by atoms with Gasteiger partial charge in [-0.25, -0.2) is 14.8 Å². The standard InChI is InChI=1S/C12H14N6O2/c13-7-2-4-18(6-7)11-14-3-1-8(15-11)5-9-10(19)17-12(20)16-9/h1,3,5,7H,2,4,6,13H2,(H2,16,17,19,20)/b9-5-. The molecule has 1 aromatic heterocycles. The smallest absolute Gasteiger partial charge is 0.326 e. The number of nitrogens with two attached hydrogens (primary N) is 1. The van der Waals surface area contributed by atoms with E-state index in [1.807, 2.05) is 4.90 Å². The van der Waals surface area contributed by atoms with Crippen molar-refractivity contribution in [3.8, 4) is 0 Å². The Bertz CT molecular complexity index is 599. The van der Waals surface area contributed by atoms with E-state index < -0.39 is 11.9 Å². The molecule has 8 nitrogen and oxygen atoms in total. The number of urea groups is 1. The molecule has 1 aromatic rings. The first-order valence-corrected chi connectivity index (χ1v) is 6.29. The van der Waals surface area contributed by atoms with Crippen LogP contribution in [0, 0.1) is 0 Å². The van der Waals surface area contributed by atoms with Crippen LogP contribution in [-0.2, 0) is 4.79 Å². The number of anilines is 1. The number of carbonyl (C=O) groups is 2. The maximum Gasteiger partial charge on any atom is 0.326 e. The number of imide groups is 1. The monoisotopic (exact) mass is 274 g/mol. The molecule has 0 aliphatic carbocycles. The van der Waals surface area contributed by atoms with E-state index in [2.05, 4.69) is 20.6 Å². The van der Waals surface area contributed by atoms with Gasteiger partial charge in [-0.3, -0.25) is 10.1 Å². The molecular weight excluding hydrogens is 260 g/mol. The number of amides is 3. The van der Waals surface area contributed by atoms with Crippen LogP contribution in [0.2, 0.25) is 0 Å². The lowest BCUT2D eigenvalue weighted by Crippen LogP contribution is -2.27. The van der Waals surface area contributed by atoms with E-state index in [-0.39, 0.29) is 11.7 Å². The topological polar surface area (TPSA) is 113 Å².